The molecule has 0 fully saturated rings. The molecule has 0 aromatic rings. The predicted molar refractivity (Wildman–Crippen MR) is 36.8 cm³/mol. The molecule has 0 heterocycles. The summed E-state index contributed by atoms with van der Waals surface area (Å²) in [6.45, 7) is 3.09. The van der Waals surface area contributed by atoms with E-state index in [1.165, 1.54) is 6.42 Å². The van der Waals surface area contributed by atoms with Crippen molar-refractivity contribution in [1.29, 1.82) is 0 Å². The molecule has 0 aliphatic heterocycles. The van der Waals surface area contributed by atoms with Gasteiger partial charge in [-0.3, -0.25) is 0 Å². The Labute approximate surface area is 51.5 Å². The van der Waals surface area contributed by atoms with Gasteiger partial charge in [-0.2, -0.15) is 0 Å². The van der Waals surface area contributed by atoms with Crippen LogP contribution in [0.4, 0.5) is 0 Å². The van der Waals surface area contributed by atoms with E-state index in [0.29, 0.717) is 6.04 Å². The molecule has 0 spiro atoms. The van der Waals surface area contributed by atoms with E-state index < -0.39 is 0 Å². The quantitative estimate of drug-likeness (QED) is 0.555. The molecule has 0 aromatic heterocycles. The van der Waals surface area contributed by atoms with Crippen LogP contribution in [0.1, 0.15) is 19.8 Å². The molecule has 0 saturated carbocycles. The molecular weight excluding hydrogens is 100 g/mol. The summed E-state index contributed by atoms with van der Waals surface area (Å²) in [6, 6.07) is 0.352. The second-order valence-electron chi connectivity index (χ2n) is 2.11. The number of hydrogen-bond donors (Lipinski definition) is 2. The van der Waals surface area contributed by atoms with Crippen LogP contribution in [0.3, 0.4) is 0 Å². The van der Waals surface area contributed by atoms with Crippen LogP contribution in [0, 0.1) is 0 Å². The van der Waals surface area contributed by atoms with Gasteiger partial charge in [0.2, 0.25) is 0 Å². The molecule has 0 saturated heterocycles. The second kappa shape index (κ2) is 5.06. The largest absolute Gasteiger partial charge is 0.327 e. The molecule has 0 aliphatic carbocycles. The Morgan fingerprint density at radius 3 is 2.62 bits per heavy atom. The van der Waals surface area contributed by atoms with Crippen LogP contribution in [0.25, 0.3) is 0 Å². The SMILES string of the molecule is CCC[C@H](N)CNC. The van der Waals surface area contributed by atoms with E-state index in [9.17, 15) is 0 Å². The van der Waals surface area contributed by atoms with Crippen molar-refractivity contribution < 1.29 is 0 Å². The Morgan fingerprint density at radius 1 is 1.62 bits per heavy atom. The zero-order valence-electron chi connectivity index (χ0n) is 5.78. The second-order valence-corrected chi connectivity index (χ2v) is 2.11. The Kier molecular flexibility index (Phi) is 5.01. The van der Waals surface area contributed by atoms with Gasteiger partial charge in [-0.1, -0.05) is 13.3 Å². The van der Waals surface area contributed by atoms with Gasteiger partial charge in [-0.15, -0.1) is 0 Å². The van der Waals surface area contributed by atoms with Gasteiger partial charge in [0.15, 0.2) is 0 Å². The highest BCUT2D eigenvalue weighted by Gasteiger charge is 1.95. The van der Waals surface area contributed by atoms with Crippen molar-refractivity contribution >= 4 is 0 Å². The third kappa shape index (κ3) is 4.09. The van der Waals surface area contributed by atoms with Gasteiger partial charge in [0, 0.05) is 12.6 Å². The fourth-order valence-corrected chi connectivity index (χ4v) is 0.735. The Balaban J connectivity index is 2.92. The lowest BCUT2D eigenvalue weighted by atomic mass is 10.2. The molecule has 2 heteroatoms. The lowest BCUT2D eigenvalue weighted by molar-refractivity contribution is 0.569. The summed E-state index contributed by atoms with van der Waals surface area (Å²) in [5.74, 6) is 0. The molecule has 8 heavy (non-hydrogen) atoms. The van der Waals surface area contributed by atoms with Gasteiger partial charge in [0.05, 0.1) is 0 Å². The van der Waals surface area contributed by atoms with Crippen LogP contribution in [-0.2, 0) is 0 Å². The molecule has 0 bridgehead atoms. The molecule has 0 radical (unpaired) electrons. The minimum Gasteiger partial charge on any atom is -0.327 e. The average Bonchev–Trinajstić information content (AvgIpc) is 1.68. The van der Waals surface area contributed by atoms with Crippen molar-refractivity contribution in [2.75, 3.05) is 13.6 Å². The van der Waals surface area contributed by atoms with Crippen molar-refractivity contribution in [1.82, 2.24) is 5.32 Å². The lowest BCUT2D eigenvalue weighted by Gasteiger charge is -2.07. The summed E-state index contributed by atoms with van der Waals surface area (Å²) in [7, 11) is 1.93. The zero-order chi connectivity index (χ0) is 6.41. The first-order valence-electron chi connectivity index (χ1n) is 3.21. The van der Waals surface area contributed by atoms with Gasteiger partial charge in [-0.25, -0.2) is 0 Å². The van der Waals surface area contributed by atoms with Crippen molar-refractivity contribution in [2.24, 2.45) is 5.73 Å². The minimum atomic E-state index is 0.352. The molecule has 0 rings (SSSR count). The van der Waals surface area contributed by atoms with Gasteiger partial charge in [0.25, 0.3) is 0 Å². The number of likely N-dealkylation sites (N-methyl/N-ethyl adjacent to an activating group) is 1. The Morgan fingerprint density at radius 2 is 2.25 bits per heavy atom. The van der Waals surface area contributed by atoms with Crippen molar-refractivity contribution in [3.63, 3.8) is 0 Å². The standard InChI is InChI=1S/C6H16N2/c1-3-4-6(7)5-8-2/h6,8H,3-5,7H2,1-2H3/t6-/m0/s1. The number of rotatable bonds is 4. The first-order valence-corrected chi connectivity index (χ1v) is 3.21. The molecule has 2 nitrogen and oxygen atoms in total. The molecule has 3 N–H and O–H groups in total. The van der Waals surface area contributed by atoms with E-state index in [0.717, 1.165) is 13.0 Å². The van der Waals surface area contributed by atoms with Crippen LogP contribution in [0.5, 0.6) is 0 Å². The van der Waals surface area contributed by atoms with E-state index in [1.807, 2.05) is 7.05 Å². The zero-order valence-corrected chi connectivity index (χ0v) is 5.78. The number of nitrogens with one attached hydrogen (secondary N) is 1. The Bertz CT molecular complexity index is 39.8. The van der Waals surface area contributed by atoms with Crippen molar-refractivity contribution in [2.45, 2.75) is 25.8 Å². The van der Waals surface area contributed by atoms with Crippen molar-refractivity contribution in [3.05, 3.63) is 0 Å². The monoisotopic (exact) mass is 116 g/mol. The number of nitrogens with two attached hydrogens (primary N) is 1. The van der Waals surface area contributed by atoms with Crippen LogP contribution in [0.15, 0.2) is 0 Å². The third-order valence-corrected chi connectivity index (χ3v) is 1.13. The molecule has 1 atom stereocenters. The summed E-state index contributed by atoms with van der Waals surface area (Å²) in [5.41, 5.74) is 5.63. The molecule has 0 amide bonds. The van der Waals surface area contributed by atoms with Gasteiger partial charge >= 0.3 is 0 Å². The van der Waals surface area contributed by atoms with E-state index in [2.05, 4.69) is 12.2 Å². The predicted octanol–water partition coefficient (Wildman–Crippen LogP) is 0.333. The van der Waals surface area contributed by atoms with E-state index in [1.54, 1.807) is 0 Å². The summed E-state index contributed by atoms with van der Waals surface area (Å²) in [5, 5.41) is 3.03. The topological polar surface area (TPSA) is 38.0 Å². The average molecular weight is 116 g/mol. The maximum absolute atomic E-state index is 5.63. The highest BCUT2D eigenvalue weighted by Crippen LogP contribution is 1.89. The molecule has 0 unspecified atom stereocenters. The Hall–Kier alpha value is -0.0800. The fourth-order valence-electron chi connectivity index (χ4n) is 0.735. The minimum absolute atomic E-state index is 0.352. The maximum Gasteiger partial charge on any atom is 0.0165 e. The smallest absolute Gasteiger partial charge is 0.0165 e. The highest BCUT2D eigenvalue weighted by atomic mass is 14.9. The lowest BCUT2D eigenvalue weighted by Crippen LogP contribution is -2.31. The summed E-state index contributed by atoms with van der Waals surface area (Å²) < 4.78 is 0. The van der Waals surface area contributed by atoms with Crippen LogP contribution < -0.4 is 11.1 Å². The van der Waals surface area contributed by atoms with E-state index >= 15 is 0 Å². The highest BCUT2D eigenvalue weighted by molar-refractivity contribution is 4.60. The first-order chi connectivity index (χ1) is 3.81. The van der Waals surface area contributed by atoms with Gasteiger partial charge < -0.3 is 11.1 Å². The first kappa shape index (κ1) is 7.92. The molecule has 0 aliphatic rings. The maximum atomic E-state index is 5.63. The summed E-state index contributed by atoms with van der Waals surface area (Å²) >= 11 is 0. The normalized spacial score (nSPS) is 13.9. The van der Waals surface area contributed by atoms with Gasteiger partial charge in [-0.05, 0) is 13.5 Å². The summed E-state index contributed by atoms with van der Waals surface area (Å²) in [4.78, 5) is 0. The van der Waals surface area contributed by atoms with Crippen LogP contribution in [-0.4, -0.2) is 19.6 Å². The molecule has 0 aromatic carbocycles. The van der Waals surface area contributed by atoms with Crippen molar-refractivity contribution in [3.8, 4) is 0 Å². The van der Waals surface area contributed by atoms with E-state index in [4.69, 9.17) is 5.73 Å². The molecule has 50 valence electrons. The number of hydrogen-bond acceptors (Lipinski definition) is 2. The van der Waals surface area contributed by atoms with Crippen LogP contribution in [0.2, 0.25) is 0 Å². The summed E-state index contributed by atoms with van der Waals surface area (Å²) in [6.07, 6.45) is 2.31. The van der Waals surface area contributed by atoms with Crippen LogP contribution >= 0.6 is 0 Å². The van der Waals surface area contributed by atoms with E-state index in [-0.39, 0.29) is 0 Å². The fraction of sp³-hybridized carbons (Fsp3) is 1.00. The van der Waals surface area contributed by atoms with Gasteiger partial charge in [0.1, 0.15) is 0 Å². The third-order valence-electron chi connectivity index (χ3n) is 1.13. The molecular formula is C6H16N2.